The molecule has 2 aromatic rings. The molecule has 0 saturated carbocycles. The highest BCUT2D eigenvalue weighted by molar-refractivity contribution is 7.92. The average Bonchev–Trinajstić information content (AvgIpc) is 2.37. The lowest BCUT2D eigenvalue weighted by Crippen LogP contribution is -2.14. The van der Waals surface area contributed by atoms with Crippen LogP contribution in [-0.4, -0.2) is 8.42 Å². The predicted octanol–water partition coefficient (Wildman–Crippen LogP) is 3.31. The normalized spacial score (nSPS) is 11.4. The molecule has 4 nitrogen and oxygen atoms in total. The van der Waals surface area contributed by atoms with Crippen LogP contribution in [-0.2, 0) is 10.0 Å². The van der Waals surface area contributed by atoms with Crippen LogP contribution >= 0.6 is 11.6 Å². The quantitative estimate of drug-likeness (QED) is 0.847. The maximum Gasteiger partial charge on any atom is 0.263 e. The van der Waals surface area contributed by atoms with Crippen LogP contribution in [0.4, 0.5) is 20.2 Å². The summed E-state index contributed by atoms with van der Waals surface area (Å²) in [4.78, 5) is -0.356. The van der Waals surface area contributed by atoms with Crippen LogP contribution in [0.1, 0.15) is 5.56 Å². The fourth-order valence-electron chi connectivity index (χ4n) is 1.67. The van der Waals surface area contributed by atoms with E-state index in [9.17, 15) is 17.2 Å². The summed E-state index contributed by atoms with van der Waals surface area (Å²) < 4.78 is 53.0. The minimum absolute atomic E-state index is 0.160. The van der Waals surface area contributed by atoms with Gasteiger partial charge in [-0.05, 0) is 42.8 Å². The first-order valence-electron chi connectivity index (χ1n) is 5.74. The Kier molecular flexibility index (Phi) is 4.06. The number of anilines is 2. The molecular weight excluding hydrogens is 322 g/mol. The molecule has 0 atom stereocenters. The fourth-order valence-corrected chi connectivity index (χ4v) is 3.27. The Morgan fingerprint density at radius 1 is 1.14 bits per heavy atom. The molecule has 3 N–H and O–H groups in total. The van der Waals surface area contributed by atoms with E-state index in [-0.39, 0.29) is 26.9 Å². The van der Waals surface area contributed by atoms with E-state index in [4.69, 9.17) is 17.3 Å². The summed E-state index contributed by atoms with van der Waals surface area (Å²) >= 11 is 5.73. The molecule has 2 aromatic carbocycles. The van der Waals surface area contributed by atoms with Crippen molar-refractivity contribution < 1.29 is 17.2 Å². The lowest BCUT2D eigenvalue weighted by Gasteiger charge is -2.11. The molecule has 0 aliphatic carbocycles. The molecule has 0 radical (unpaired) electrons. The SMILES string of the molecule is Cc1cc(NS(=O)(=O)c2cc(N)c(F)cc2Cl)ccc1F. The Labute approximate surface area is 125 Å². The number of nitrogen functional groups attached to an aromatic ring is 1. The van der Waals surface area contributed by atoms with Crippen molar-refractivity contribution in [3.63, 3.8) is 0 Å². The topological polar surface area (TPSA) is 72.2 Å². The second kappa shape index (κ2) is 5.50. The smallest absolute Gasteiger partial charge is 0.263 e. The molecular formula is C13H11ClF2N2O2S. The molecule has 0 amide bonds. The lowest BCUT2D eigenvalue weighted by molar-refractivity contribution is 0.599. The summed E-state index contributed by atoms with van der Waals surface area (Å²) in [6.45, 7) is 1.50. The summed E-state index contributed by atoms with van der Waals surface area (Å²) in [6.07, 6.45) is 0. The zero-order valence-electron chi connectivity index (χ0n) is 10.8. The number of halogens is 3. The van der Waals surface area contributed by atoms with E-state index in [0.29, 0.717) is 0 Å². The Bertz CT molecular complexity index is 810. The van der Waals surface area contributed by atoms with Crippen LogP contribution in [0.2, 0.25) is 5.02 Å². The van der Waals surface area contributed by atoms with Crippen molar-refractivity contribution >= 4 is 33.0 Å². The Morgan fingerprint density at radius 3 is 2.43 bits per heavy atom. The van der Waals surface area contributed by atoms with E-state index in [1.165, 1.54) is 19.1 Å². The Morgan fingerprint density at radius 2 is 1.81 bits per heavy atom. The van der Waals surface area contributed by atoms with Crippen LogP contribution < -0.4 is 10.5 Å². The highest BCUT2D eigenvalue weighted by Gasteiger charge is 2.20. The average molecular weight is 333 g/mol. The largest absolute Gasteiger partial charge is 0.396 e. The van der Waals surface area contributed by atoms with Crippen LogP contribution in [0, 0.1) is 18.6 Å². The fraction of sp³-hybridized carbons (Fsp3) is 0.0769. The van der Waals surface area contributed by atoms with Gasteiger partial charge in [-0.3, -0.25) is 4.72 Å². The van der Waals surface area contributed by atoms with Crippen LogP contribution in [0.5, 0.6) is 0 Å². The van der Waals surface area contributed by atoms with Gasteiger partial charge in [-0.1, -0.05) is 11.6 Å². The summed E-state index contributed by atoms with van der Waals surface area (Å²) in [5.74, 6) is -1.27. The second-order valence-electron chi connectivity index (χ2n) is 4.37. The summed E-state index contributed by atoms with van der Waals surface area (Å²) in [5.41, 5.74) is 5.45. The number of nitrogens with two attached hydrogens (primary N) is 1. The van der Waals surface area contributed by atoms with Gasteiger partial charge in [0.15, 0.2) is 0 Å². The second-order valence-corrected chi connectivity index (χ2v) is 6.43. The molecule has 8 heteroatoms. The third kappa shape index (κ3) is 3.25. The van der Waals surface area contributed by atoms with E-state index < -0.39 is 21.7 Å². The number of benzene rings is 2. The molecule has 0 aliphatic rings. The molecule has 0 fully saturated rings. The number of hydrogen-bond donors (Lipinski definition) is 2. The predicted molar refractivity (Wildman–Crippen MR) is 77.8 cm³/mol. The monoisotopic (exact) mass is 332 g/mol. The van der Waals surface area contributed by atoms with Gasteiger partial charge < -0.3 is 5.73 Å². The zero-order chi connectivity index (χ0) is 15.8. The molecule has 2 rings (SSSR count). The van der Waals surface area contributed by atoms with Crippen molar-refractivity contribution in [2.45, 2.75) is 11.8 Å². The number of hydrogen-bond acceptors (Lipinski definition) is 3. The summed E-state index contributed by atoms with van der Waals surface area (Å²) in [7, 11) is -4.06. The van der Waals surface area contributed by atoms with Gasteiger partial charge in [-0.25, -0.2) is 17.2 Å². The van der Waals surface area contributed by atoms with Gasteiger partial charge in [0.05, 0.1) is 10.7 Å². The van der Waals surface area contributed by atoms with Gasteiger partial charge in [-0.15, -0.1) is 0 Å². The lowest BCUT2D eigenvalue weighted by atomic mass is 10.2. The van der Waals surface area contributed by atoms with E-state index in [2.05, 4.69) is 4.72 Å². The van der Waals surface area contributed by atoms with Crippen molar-refractivity contribution in [1.82, 2.24) is 0 Å². The molecule has 0 saturated heterocycles. The third-order valence-corrected chi connectivity index (χ3v) is 4.60. The van der Waals surface area contributed by atoms with Crippen molar-refractivity contribution in [2.75, 3.05) is 10.5 Å². The van der Waals surface area contributed by atoms with Gasteiger partial charge in [0.1, 0.15) is 16.5 Å². The van der Waals surface area contributed by atoms with Crippen molar-refractivity contribution in [2.24, 2.45) is 0 Å². The van der Waals surface area contributed by atoms with Gasteiger partial charge >= 0.3 is 0 Å². The third-order valence-electron chi connectivity index (χ3n) is 2.75. The van der Waals surface area contributed by atoms with E-state index >= 15 is 0 Å². The molecule has 0 unspecified atom stereocenters. The van der Waals surface area contributed by atoms with Crippen molar-refractivity contribution in [1.29, 1.82) is 0 Å². The molecule has 0 aliphatic heterocycles. The number of rotatable bonds is 3. The van der Waals surface area contributed by atoms with Gasteiger partial charge in [0.2, 0.25) is 0 Å². The first kappa shape index (κ1) is 15.5. The minimum Gasteiger partial charge on any atom is -0.396 e. The van der Waals surface area contributed by atoms with Crippen LogP contribution in [0.3, 0.4) is 0 Å². The van der Waals surface area contributed by atoms with E-state index in [1.807, 2.05) is 0 Å². The van der Waals surface area contributed by atoms with Gasteiger partial charge in [0, 0.05) is 5.69 Å². The first-order valence-corrected chi connectivity index (χ1v) is 7.60. The highest BCUT2D eigenvalue weighted by atomic mass is 35.5. The number of aryl methyl sites for hydroxylation is 1. The molecule has 112 valence electrons. The Balaban J connectivity index is 2.43. The highest BCUT2D eigenvalue weighted by Crippen LogP contribution is 2.28. The molecule has 0 spiro atoms. The summed E-state index contributed by atoms with van der Waals surface area (Å²) in [5, 5.41) is -0.298. The van der Waals surface area contributed by atoms with E-state index in [1.54, 1.807) is 0 Å². The van der Waals surface area contributed by atoms with Crippen LogP contribution in [0.15, 0.2) is 35.2 Å². The van der Waals surface area contributed by atoms with Gasteiger partial charge in [0.25, 0.3) is 10.0 Å². The standard InChI is InChI=1S/C13H11ClF2N2O2S/c1-7-4-8(2-3-10(7)15)18-21(19,20)13-6-12(17)11(16)5-9(13)14/h2-6,18H,17H2,1H3. The maximum atomic E-state index is 13.2. The van der Waals surface area contributed by atoms with E-state index in [0.717, 1.165) is 18.2 Å². The molecule has 0 heterocycles. The van der Waals surface area contributed by atoms with Crippen molar-refractivity contribution in [3.05, 3.63) is 52.6 Å². The molecule has 0 bridgehead atoms. The molecule has 21 heavy (non-hydrogen) atoms. The minimum atomic E-state index is -4.06. The molecule has 0 aromatic heterocycles. The number of nitrogens with one attached hydrogen (secondary N) is 1. The van der Waals surface area contributed by atoms with Gasteiger partial charge in [-0.2, -0.15) is 0 Å². The Hall–Kier alpha value is -1.86. The number of sulfonamides is 1. The van der Waals surface area contributed by atoms with Crippen LogP contribution in [0.25, 0.3) is 0 Å². The van der Waals surface area contributed by atoms with Crippen molar-refractivity contribution in [3.8, 4) is 0 Å². The summed E-state index contributed by atoms with van der Waals surface area (Å²) in [6, 6.07) is 5.47. The zero-order valence-corrected chi connectivity index (χ0v) is 12.4. The maximum absolute atomic E-state index is 13.2. The first-order chi connectivity index (χ1) is 9.70.